The molecule has 0 aromatic heterocycles. The van der Waals surface area contributed by atoms with E-state index >= 15 is 0 Å². The minimum absolute atomic E-state index is 0.0370. The van der Waals surface area contributed by atoms with Crippen molar-refractivity contribution in [1.82, 2.24) is 10.2 Å². The Kier molecular flexibility index (Phi) is 3.50. The van der Waals surface area contributed by atoms with Gasteiger partial charge in [0.25, 0.3) is 0 Å². The fourth-order valence-electron chi connectivity index (χ4n) is 2.62. The summed E-state index contributed by atoms with van der Waals surface area (Å²) in [6.07, 6.45) is 4.16. The molecule has 2 rings (SSSR count). The number of ether oxygens (including phenoxy) is 1. The monoisotopic (exact) mass is 226 g/mol. The van der Waals surface area contributed by atoms with Gasteiger partial charge in [-0.05, 0) is 26.2 Å². The molecule has 4 heteroatoms. The molecule has 0 radical (unpaired) electrons. The summed E-state index contributed by atoms with van der Waals surface area (Å²) in [6.45, 7) is 6.48. The van der Waals surface area contributed by atoms with Crippen LogP contribution in [0, 0.1) is 0 Å². The van der Waals surface area contributed by atoms with Crippen LogP contribution >= 0.6 is 0 Å². The molecule has 2 fully saturated rings. The predicted octanol–water partition coefficient (Wildman–Crippen LogP) is 1.11. The number of hydrogen-bond donors (Lipinski definition) is 1. The van der Waals surface area contributed by atoms with Crippen LogP contribution < -0.4 is 5.32 Å². The van der Waals surface area contributed by atoms with E-state index in [9.17, 15) is 4.79 Å². The molecule has 0 aromatic rings. The van der Waals surface area contributed by atoms with Crippen LogP contribution in [0.5, 0.6) is 0 Å². The minimum atomic E-state index is -0.113. The van der Waals surface area contributed by atoms with Crippen molar-refractivity contribution in [2.45, 2.75) is 51.2 Å². The molecular weight excluding hydrogens is 204 g/mol. The highest BCUT2D eigenvalue weighted by Gasteiger charge is 2.37. The second kappa shape index (κ2) is 4.72. The number of nitrogens with one attached hydrogen (secondary N) is 1. The van der Waals surface area contributed by atoms with E-state index in [2.05, 4.69) is 19.2 Å². The van der Waals surface area contributed by atoms with Gasteiger partial charge in [-0.25, -0.2) is 0 Å². The fourth-order valence-corrected chi connectivity index (χ4v) is 2.62. The maximum atomic E-state index is 12.0. The lowest BCUT2D eigenvalue weighted by Crippen LogP contribution is -2.42. The summed E-state index contributed by atoms with van der Waals surface area (Å²) < 4.78 is 5.72. The molecule has 16 heavy (non-hydrogen) atoms. The fraction of sp³-hybridized carbons (Fsp3) is 0.917. The first-order chi connectivity index (χ1) is 7.64. The van der Waals surface area contributed by atoms with E-state index in [-0.39, 0.29) is 17.6 Å². The molecule has 1 N–H and O–H groups in total. The highest BCUT2D eigenvalue weighted by molar-refractivity contribution is 5.83. The number of carbonyl (C=O) groups excluding carboxylic acids is 1. The van der Waals surface area contributed by atoms with E-state index in [0.717, 1.165) is 38.8 Å². The summed E-state index contributed by atoms with van der Waals surface area (Å²) >= 11 is 0. The van der Waals surface area contributed by atoms with Crippen LogP contribution in [0.25, 0.3) is 0 Å². The number of hydrogen-bond acceptors (Lipinski definition) is 3. The van der Waals surface area contributed by atoms with E-state index < -0.39 is 0 Å². The van der Waals surface area contributed by atoms with E-state index in [1.165, 1.54) is 0 Å². The zero-order valence-corrected chi connectivity index (χ0v) is 10.3. The highest BCUT2D eigenvalue weighted by Crippen LogP contribution is 2.27. The van der Waals surface area contributed by atoms with Crippen molar-refractivity contribution < 1.29 is 9.53 Å². The van der Waals surface area contributed by atoms with Gasteiger partial charge < -0.3 is 9.64 Å². The third-order valence-corrected chi connectivity index (χ3v) is 3.54. The molecule has 2 heterocycles. The van der Waals surface area contributed by atoms with Crippen molar-refractivity contribution in [2.24, 2.45) is 0 Å². The van der Waals surface area contributed by atoms with Crippen LogP contribution in [0.4, 0.5) is 0 Å². The first-order valence-corrected chi connectivity index (χ1v) is 6.31. The average Bonchev–Trinajstić information content (AvgIpc) is 2.80. The van der Waals surface area contributed by atoms with Gasteiger partial charge in [0.05, 0.1) is 24.9 Å². The lowest BCUT2D eigenvalue weighted by molar-refractivity contribution is -0.132. The lowest BCUT2D eigenvalue weighted by atomic mass is 10.0. The molecule has 2 saturated heterocycles. The number of rotatable bonds is 4. The zero-order chi connectivity index (χ0) is 11.6. The van der Waals surface area contributed by atoms with Gasteiger partial charge in [-0.15, -0.1) is 0 Å². The normalized spacial score (nSPS) is 35.0. The Morgan fingerprint density at radius 3 is 3.06 bits per heavy atom. The van der Waals surface area contributed by atoms with Crippen LogP contribution in [0.2, 0.25) is 0 Å². The second-order valence-corrected chi connectivity index (χ2v) is 5.14. The Hall–Kier alpha value is -0.610. The van der Waals surface area contributed by atoms with Crippen molar-refractivity contribution in [3.8, 4) is 0 Å². The van der Waals surface area contributed by atoms with Crippen molar-refractivity contribution in [1.29, 1.82) is 0 Å². The Bertz CT molecular complexity index is 262. The van der Waals surface area contributed by atoms with Crippen molar-refractivity contribution in [3.63, 3.8) is 0 Å². The van der Waals surface area contributed by atoms with E-state index in [4.69, 9.17) is 4.74 Å². The third kappa shape index (κ3) is 2.38. The molecule has 0 bridgehead atoms. The van der Waals surface area contributed by atoms with Crippen molar-refractivity contribution in [3.05, 3.63) is 0 Å². The molecule has 2 aliphatic rings. The zero-order valence-electron chi connectivity index (χ0n) is 10.3. The van der Waals surface area contributed by atoms with Crippen LogP contribution in [0.15, 0.2) is 0 Å². The van der Waals surface area contributed by atoms with Gasteiger partial charge in [-0.1, -0.05) is 13.3 Å². The molecule has 2 aliphatic heterocycles. The summed E-state index contributed by atoms with van der Waals surface area (Å²) in [6, 6.07) is 0.0370. The summed E-state index contributed by atoms with van der Waals surface area (Å²) in [5.74, 6) is 0.249. The first-order valence-electron chi connectivity index (χ1n) is 6.31. The van der Waals surface area contributed by atoms with Gasteiger partial charge in [0, 0.05) is 6.61 Å². The molecule has 0 spiro atoms. The standard InChI is InChI=1S/C12H22N2O2/c1-3-5-10-11(15)14(9-13-10)8-12(2)6-4-7-16-12/h10,13H,3-9H2,1-2H3. The Morgan fingerprint density at radius 1 is 1.62 bits per heavy atom. The minimum Gasteiger partial charge on any atom is -0.373 e. The average molecular weight is 226 g/mol. The quantitative estimate of drug-likeness (QED) is 0.781. The topological polar surface area (TPSA) is 41.6 Å². The molecule has 0 aliphatic carbocycles. The summed E-state index contributed by atoms with van der Waals surface area (Å²) in [7, 11) is 0. The number of amides is 1. The lowest BCUT2D eigenvalue weighted by Gasteiger charge is -2.28. The highest BCUT2D eigenvalue weighted by atomic mass is 16.5. The van der Waals surface area contributed by atoms with Crippen LogP contribution in [0.3, 0.4) is 0 Å². The largest absolute Gasteiger partial charge is 0.373 e. The summed E-state index contributed by atoms with van der Waals surface area (Å²) in [5.41, 5.74) is -0.113. The Balaban J connectivity index is 1.89. The van der Waals surface area contributed by atoms with Crippen molar-refractivity contribution in [2.75, 3.05) is 19.8 Å². The Morgan fingerprint density at radius 2 is 2.44 bits per heavy atom. The van der Waals surface area contributed by atoms with Crippen LogP contribution in [0.1, 0.15) is 39.5 Å². The Labute approximate surface area is 97.3 Å². The van der Waals surface area contributed by atoms with Crippen LogP contribution in [-0.2, 0) is 9.53 Å². The van der Waals surface area contributed by atoms with Gasteiger partial charge >= 0.3 is 0 Å². The smallest absolute Gasteiger partial charge is 0.240 e. The molecule has 2 atom stereocenters. The number of nitrogens with zero attached hydrogens (tertiary/aromatic N) is 1. The van der Waals surface area contributed by atoms with E-state index in [0.29, 0.717) is 6.67 Å². The maximum absolute atomic E-state index is 12.0. The summed E-state index contributed by atoms with van der Waals surface area (Å²) in [5, 5.41) is 3.27. The molecule has 4 nitrogen and oxygen atoms in total. The molecular formula is C12H22N2O2. The summed E-state index contributed by atoms with van der Waals surface area (Å²) in [4.78, 5) is 13.9. The van der Waals surface area contributed by atoms with E-state index in [1.807, 2.05) is 4.90 Å². The SMILES string of the molecule is CCCC1NCN(CC2(C)CCCO2)C1=O. The predicted molar refractivity (Wildman–Crippen MR) is 62.0 cm³/mol. The van der Waals surface area contributed by atoms with Gasteiger partial charge in [0.15, 0.2) is 0 Å². The van der Waals surface area contributed by atoms with Crippen LogP contribution in [-0.4, -0.2) is 42.3 Å². The maximum Gasteiger partial charge on any atom is 0.240 e. The van der Waals surface area contributed by atoms with Gasteiger partial charge in [-0.3, -0.25) is 10.1 Å². The first kappa shape index (κ1) is 11.9. The van der Waals surface area contributed by atoms with Gasteiger partial charge in [0.1, 0.15) is 0 Å². The number of carbonyl (C=O) groups is 1. The molecule has 1 amide bonds. The molecule has 2 unspecified atom stereocenters. The molecule has 0 saturated carbocycles. The molecule has 92 valence electrons. The third-order valence-electron chi connectivity index (χ3n) is 3.54. The van der Waals surface area contributed by atoms with Gasteiger partial charge in [0.2, 0.25) is 5.91 Å². The second-order valence-electron chi connectivity index (χ2n) is 5.14. The van der Waals surface area contributed by atoms with Crippen molar-refractivity contribution >= 4 is 5.91 Å². The van der Waals surface area contributed by atoms with Gasteiger partial charge in [-0.2, -0.15) is 0 Å². The van der Waals surface area contributed by atoms with E-state index in [1.54, 1.807) is 0 Å². The molecule has 0 aromatic carbocycles.